The lowest BCUT2D eigenvalue weighted by Gasteiger charge is -2.51. The van der Waals surface area contributed by atoms with E-state index in [1.807, 2.05) is 12.1 Å². The first-order chi connectivity index (χ1) is 15.5. The molecule has 6 heteroatoms. The summed E-state index contributed by atoms with van der Waals surface area (Å²) in [7, 11) is 1.70. The summed E-state index contributed by atoms with van der Waals surface area (Å²) in [4.78, 5) is 17.8. The molecule has 6 rings (SSSR count). The molecule has 6 atom stereocenters. The Bertz CT molecular complexity index is 861. The van der Waals surface area contributed by atoms with Crippen LogP contribution in [0.3, 0.4) is 0 Å². The molecule has 2 aliphatic carbocycles. The van der Waals surface area contributed by atoms with Crippen LogP contribution in [0.5, 0.6) is 5.75 Å². The number of anilines is 1. The molecule has 5 fully saturated rings. The zero-order chi connectivity index (χ0) is 21.9. The van der Waals surface area contributed by atoms with Crippen molar-refractivity contribution in [2.75, 3.05) is 51.3 Å². The van der Waals surface area contributed by atoms with Gasteiger partial charge in [0.05, 0.1) is 25.2 Å². The largest absolute Gasteiger partial charge is 0.497 e. The number of ether oxygens (including phenoxy) is 3. The fourth-order valence-corrected chi connectivity index (χ4v) is 7.43. The highest BCUT2D eigenvalue weighted by atomic mass is 16.6. The third kappa shape index (κ3) is 3.41. The number of nitrogens with zero attached hydrogens (tertiary/aromatic N) is 2. The smallest absolute Gasteiger partial charge is 0.310 e. The predicted octanol–water partition coefficient (Wildman–Crippen LogP) is 3.34. The zero-order valence-electron chi connectivity index (χ0n) is 19.4. The fourth-order valence-electron chi connectivity index (χ4n) is 7.43. The van der Waals surface area contributed by atoms with E-state index in [0.29, 0.717) is 11.8 Å². The van der Waals surface area contributed by atoms with Gasteiger partial charge >= 0.3 is 5.97 Å². The van der Waals surface area contributed by atoms with Crippen LogP contribution in [0, 0.1) is 23.2 Å². The van der Waals surface area contributed by atoms with Gasteiger partial charge < -0.3 is 19.1 Å². The topological polar surface area (TPSA) is 54.5 Å². The Morgan fingerprint density at radius 1 is 1.12 bits per heavy atom. The van der Waals surface area contributed by atoms with Crippen molar-refractivity contribution in [1.29, 1.82) is 0 Å². The maximum Gasteiger partial charge on any atom is 0.310 e. The Morgan fingerprint density at radius 3 is 2.56 bits per heavy atom. The number of carbonyl (C=O) groups excluding carboxylic acids is 1. The molecule has 0 bridgehead atoms. The third-order valence-electron chi connectivity index (χ3n) is 9.34. The molecule has 0 radical (unpaired) electrons. The van der Waals surface area contributed by atoms with Crippen LogP contribution in [0.25, 0.3) is 0 Å². The summed E-state index contributed by atoms with van der Waals surface area (Å²) >= 11 is 0. The van der Waals surface area contributed by atoms with Gasteiger partial charge in [-0.05, 0) is 67.7 Å². The van der Waals surface area contributed by atoms with Gasteiger partial charge in [0.15, 0.2) is 0 Å². The van der Waals surface area contributed by atoms with E-state index in [1.165, 1.54) is 24.9 Å². The molecule has 0 N–H and O–H groups in total. The monoisotopic (exact) mass is 440 g/mol. The van der Waals surface area contributed by atoms with Gasteiger partial charge in [0.1, 0.15) is 11.9 Å². The molecule has 0 aromatic heterocycles. The minimum Gasteiger partial charge on any atom is -0.497 e. The lowest BCUT2D eigenvalue weighted by molar-refractivity contribution is -0.147. The SMILES string of the molecule is COc1ccc(N2CCN(C[C@H]3C(=O)O[C@@H]4C[C@@]5(C)CCC[C@]6(CO6)[C@@H]5C[C@H]43)CC2)cc1. The second kappa shape index (κ2) is 7.63. The summed E-state index contributed by atoms with van der Waals surface area (Å²) in [6.45, 7) is 8.14. The predicted molar refractivity (Wildman–Crippen MR) is 122 cm³/mol. The van der Waals surface area contributed by atoms with Crippen LogP contribution >= 0.6 is 0 Å². The molecule has 1 aromatic rings. The summed E-state index contributed by atoms with van der Waals surface area (Å²) in [5.74, 6) is 1.91. The minimum atomic E-state index is 0.0230. The van der Waals surface area contributed by atoms with E-state index in [9.17, 15) is 4.79 Å². The molecule has 0 amide bonds. The number of hydrogen-bond donors (Lipinski definition) is 0. The number of rotatable bonds is 4. The van der Waals surface area contributed by atoms with Gasteiger partial charge in [-0.3, -0.25) is 9.69 Å². The fraction of sp³-hybridized carbons (Fsp3) is 0.731. The zero-order valence-corrected chi connectivity index (χ0v) is 19.4. The summed E-state index contributed by atoms with van der Waals surface area (Å²) in [6.07, 6.45) is 5.95. The van der Waals surface area contributed by atoms with Crippen molar-refractivity contribution < 1.29 is 19.0 Å². The molecule has 6 nitrogen and oxygen atoms in total. The Morgan fingerprint density at radius 2 is 1.88 bits per heavy atom. The normalized spacial score (nSPS) is 41.2. The van der Waals surface area contributed by atoms with Gasteiger partial charge in [-0.25, -0.2) is 0 Å². The van der Waals surface area contributed by atoms with Crippen molar-refractivity contribution in [3.8, 4) is 5.75 Å². The lowest BCUT2D eigenvalue weighted by atomic mass is 9.53. The minimum absolute atomic E-state index is 0.0230. The van der Waals surface area contributed by atoms with Crippen LogP contribution in [0.2, 0.25) is 0 Å². The van der Waals surface area contributed by atoms with Crippen molar-refractivity contribution in [1.82, 2.24) is 4.90 Å². The molecule has 1 spiro atoms. The second-order valence-electron chi connectivity index (χ2n) is 11.1. The molecule has 174 valence electrons. The van der Waals surface area contributed by atoms with Crippen LogP contribution in [0.1, 0.15) is 39.0 Å². The van der Waals surface area contributed by atoms with Gasteiger partial charge in [-0.15, -0.1) is 0 Å². The maximum atomic E-state index is 12.9. The molecule has 2 saturated carbocycles. The Balaban J connectivity index is 1.10. The number of methoxy groups -OCH3 is 1. The van der Waals surface area contributed by atoms with E-state index in [-0.39, 0.29) is 29.0 Å². The summed E-state index contributed by atoms with van der Waals surface area (Å²) in [6, 6.07) is 8.31. The number of fused-ring (bicyclic) bond motifs is 3. The standard InChI is InChI=1S/C26H36N2O4/c1-25-8-3-9-26(17-31-26)23(25)14-20-21(24(29)32-22(20)15-25)16-27-10-12-28(13-11-27)18-4-6-19(30-2)7-5-18/h4-7,20-23H,3,8-17H2,1-2H3/t20-,21+,22+,23+,25+,26-/m0/s1. The third-order valence-corrected chi connectivity index (χ3v) is 9.34. The first-order valence-corrected chi connectivity index (χ1v) is 12.5. The maximum absolute atomic E-state index is 12.9. The molecule has 0 unspecified atom stereocenters. The van der Waals surface area contributed by atoms with E-state index >= 15 is 0 Å². The van der Waals surface area contributed by atoms with E-state index in [2.05, 4.69) is 28.9 Å². The average Bonchev–Trinajstić information content (AvgIpc) is 3.51. The highest BCUT2D eigenvalue weighted by Crippen LogP contribution is 2.62. The lowest BCUT2D eigenvalue weighted by Crippen LogP contribution is -2.52. The number of carbonyl (C=O) groups is 1. The van der Waals surface area contributed by atoms with Gasteiger partial charge in [-0.2, -0.15) is 0 Å². The second-order valence-corrected chi connectivity index (χ2v) is 11.1. The van der Waals surface area contributed by atoms with Gasteiger partial charge in [-0.1, -0.05) is 6.92 Å². The van der Waals surface area contributed by atoms with Crippen LogP contribution in [-0.2, 0) is 14.3 Å². The molecule has 1 aromatic carbocycles. The van der Waals surface area contributed by atoms with Crippen LogP contribution in [-0.4, -0.2) is 69.0 Å². The van der Waals surface area contributed by atoms with Crippen molar-refractivity contribution in [2.24, 2.45) is 23.2 Å². The van der Waals surface area contributed by atoms with Crippen molar-refractivity contribution in [3.63, 3.8) is 0 Å². The molecular weight excluding hydrogens is 404 g/mol. The van der Waals surface area contributed by atoms with Crippen LogP contribution in [0.15, 0.2) is 24.3 Å². The molecule has 32 heavy (non-hydrogen) atoms. The number of esters is 1. The van der Waals surface area contributed by atoms with Gasteiger partial charge in [0.2, 0.25) is 0 Å². The van der Waals surface area contributed by atoms with Crippen LogP contribution in [0.4, 0.5) is 5.69 Å². The number of benzene rings is 1. The highest BCUT2D eigenvalue weighted by molar-refractivity contribution is 5.75. The first-order valence-electron chi connectivity index (χ1n) is 12.5. The van der Waals surface area contributed by atoms with Gasteiger partial charge in [0.25, 0.3) is 0 Å². The van der Waals surface area contributed by atoms with Gasteiger partial charge in [0, 0.05) is 44.3 Å². The van der Waals surface area contributed by atoms with E-state index < -0.39 is 0 Å². The molecule has 3 heterocycles. The van der Waals surface area contributed by atoms with E-state index in [0.717, 1.165) is 57.9 Å². The first kappa shape index (κ1) is 20.8. The molecule has 5 aliphatic rings. The van der Waals surface area contributed by atoms with E-state index in [4.69, 9.17) is 14.2 Å². The Kier molecular flexibility index (Phi) is 4.95. The molecule has 3 aliphatic heterocycles. The number of piperazine rings is 1. The Labute approximate surface area is 191 Å². The van der Waals surface area contributed by atoms with E-state index in [1.54, 1.807) is 7.11 Å². The van der Waals surface area contributed by atoms with Crippen molar-refractivity contribution in [2.45, 2.75) is 50.7 Å². The summed E-state index contributed by atoms with van der Waals surface area (Å²) in [5.41, 5.74) is 1.64. The van der Waals surface area contributed by atoms with Crippen LogP contribution < -0.4 is 9.64 Å². The average molecular weight is 441 g/mol. The molecule has 3 saturated heterocycles. The molecular formula is C26H36N2O4. The highest BCUT2D eigenvalue weighted by Gasteiger charge is 2.65. The van der Waals surface area contributed by atoms with Crippen molar-refractivity contribution in [3.05, 3.63) is 24.3 Å². The number of hydrogen-bond acceptors (Lipinski definition) is 6. The number of epoxide rings is 1. The summed E-state index contributed by atoms with van der Waals surface area (Å²) < 4.78 is 17.3. The van der Waals surface area contributed by atoms with Crippen molar-refractivity contribution >= 4 is 11.7 Å². The Hall–Kier alpha value is -1.79. The quantitative estimate of drug-likeness (QED) is 0.529. The summed E-state index contributed by atoms with van der Waals surface area (Å²) in [5, 5.41) is 0.